The molecule has 0 amide bonds. The molecule has 1 aliphatic rings. The second-order valence-electron chi connectivity index (χ2n) is 5.14. The van der Waals surface area contributed by atoms with Gasteiger partial charge in [-0.15, -0.1) is 11.3 Å². The molecule has 21 heavy (non-hydrogen) atoms. The van der Waals surface area contributed by atoms with Crippen molar-refractivity contribution >= 4 is 39.4 Å². The molecule has 0 atom stereocenters. The van der Waals surface area contributed by atoms with Crippen molar-refractivity contribution in [2.24, 2.45) is 0 Å². The van der Waals surface area contributed by atoms with Gasteiger partial charge in [0.05, 0.1) is 0 Å². The van der Waals surface area contributed by atoms with Gasteiger partial charge < -0.3 is 10.0 Å². The van der Waals surface area contributed by atoms with Gasteiger partial charge in [0.15, 0.2) is 16.5 Å². The maximum absolute atomic E-state index is 11.7. The quantitative estimate of drug-likeness (QED) is 0.784. The molecule has 3 aromatic rings. The maximum atomic E-state index is 11.7. The molecule has 0 aromatic carbocycles. The summed E-state index contributed by atoms with van der Waals surface area (Å²) in [6.45, 7) is 0.722. The van der Waals surface area contributed by atoms with Gasteiger partial charge in [-0.1, -0.05) is 0 Å². The van der Waals surface area contributed by atoms with E-state index in [-0.39, 0.29) is 5.69 Å². The van der Waals surface area contributed by atoms with Gasteiger partial charge >= 0.3 is 5.97 Å². The Kier molecular flexibility index (Phi) is 2.97. The topological polar surface area (TPSA) is 57.8 Å². The van der Waals surface area contributed by atoms with Crippen LogP contribution in [0.5, 0.6) is 0 Å². The summed E-state index contributed by atoms with van der Waals surface area (Å²) >= 11 is 3.12. The molecule has 7 heteroatoms. The molecule has 0 bridgehead atoms. The normalized spacial score (nSPS) is 14.7. The lowest BCUT2D eigenvalue weighted by molar-refractivity contribution is 0.0690. The van der Waals surface area contributed by atoms with E-state index in [1.807, 2.05) is 10.8 Å². The van der Waals surface area contributed by atoms with Crippen LogP contribution in [0, 0.1) is 0 Å². The lowest BCUT2D eigenvalue weighted by Gasteiger charge is -2.22. The van der Waals surface area contributed by atoms with Gasteiger partial charge in [0.2, 0.25) is 0 Å². The number of hydrogen-bond donors (Lipinski definition) is 1. The number of aromatic carboxylic acids is 1. The standard InChI is InChI=1S/C14H13N3O2S2/c18-13(19)11-12(15-14-16(11)4-6-21-14)17(10-1-2-10)7-9-3-5-20-8-9/h3-6,8,10H,1-2,7H2,(H,18,19). The maximum Gasteiger partial charge on any atom is 0.356 e. The highest BCUT2D eigenvalue weighted by Gasteiger charge is 2.34. The van der Waals surface area contributed by atoms with Gasteiger partial charge in [0, 0.05) is 24.2 Å². The minimum absolute atomic E-state index is 0.272. The molecular weight excluding hydrogens is 306 g/mol. The monoisotopic (exact) mass is 319 g/mol. The van der Waals surface area contributed by atoms with Crippen LogP contribution in [0.4, 0.5) is 5.82 Å². The largest absolute Gasteiger partial charge is 0.476 e. The van der Waals surface area contributed by atoms with E-state index in [0.717, 1.165) is 24.3 Å². The lowest BCUT2D eigenvalue weighted by Crippen LogP contribution is -2.27. The number of carboxylic acids is 1. The average Bonchev–Trinajstić information content (AvgIpc) is 2.87. The highest BCUT2D eigenvalue weighted by molar-refractivity contribution is 7.15. The number of fused-ring (bicyclic) bond motifs is 1. The third-order valence-corrected chi connectivity index (χ3v) is 5.13. The van der Waals surface area contributed by atoms with Crippen molar-refractivity contribution in [3.05, 3.63) is 39.7 Å². The highest BCUT2D eigenvalue weighted by atomic mass is 32.1. The van der Waals surface area contributed by atoms with E-state index in [0.29, 0.717) is 11.9 Å². The SMILES string of the molecule is O=C(O)c1c(N(Cc2ccsc2)C2CC2)nc2sccn12. The van der Waals surface area contributed by atoms with Crippen LogP contribution in [0.25, 0.3) is 4.96 Å². The lowest BCUT2D eigenvalue weighted by atomic mass is 10.3. The summed E-state index contributed by atoms with van der Waals surface area (Å²) in [5.74, 6) is -0.324. The number of imidazole rings is 1. The van der Waals surface area contributed by atoms with E-state index >= 15 is 0 Å². The van der Waals surface area contributed by atoms with Crippen molar-refractivity contribution in [2.45, 2.75) is 25.4 Å². The first-order chi connectivity index (χ1) is 10.2. The van der Waals surface area contributed by atoms with Gasteiger partial charge in [-0.2, -0.15) is 11.3 Å². The van der Waals surface area contributed by atoms with Crippen LogP contribution in [0.2, 0.25) is 0 Å². The van der Waals surface area contributed by atoms with Crippen LogP contribution >= 0.6 is 22.7 Å². The fraction of sp³-hybridized carbons (Fsp3) is 0.286. The van der Waals surface area contributed by atoms with Crippen molar-refractivity contribution in [1.82, 2.24) is 9.38 Å². The number of anilines is 1. The zero-order chi connectivity index (χ0) is 14.4. The molecule has 3 heterocycles. The fourth-order valence-corrected chi connectivity index (χ4v) is 3.88. The van der Waals surface area contributed by atoms with Crippen LogP contribution in [0.1, 0.15) is 28.9 Å². The van der Waals surface area contributed by atoms with Crippen LogP contribution in [-0.4, -0.2) is 26.5 Å². The Morgan fingerprint density at radius 1 is 1.48 bits per heavy atom. The van der Waals surface area contributed by atoms with Gasteiger partial charge in [0.1, 0.15) is 0 Å². The third kappa shape index (κ3) is 2.22. The number of thiophene rings is 1. The summed E-state index contributed by atoms with van der Waals surface area (Å²) < 4.78 is 1.67. The summed E-state index contributed by atoms with van der Waals surface area (Å²) in [5, 5.41) is 15.6. The molecule has 108 valence electrons. The number of rotatable bonds is 5. The summed E-state index contributed by atoms with van der Waals surface area (Å²) in [7, 11) is 0. The zero-order valence-corrected chi connectivity index (χ0v) is 12.7. The van der Waals surface area contributed by atoms with Gasteiger partial charge in [-0.25, -0.2) is 9.78 Å². The van der Waals surface area contributed by atoms with E-state index in [9.17, 15) is 9.90 Å². The second-order valence-corrected chi connectivity index (χ2v) is 6.79. The van der Waals surface area contributed by atoms with Crippen LogP contribution in [0.3, 0.4) is 0 Å². The van der Waals surface area contributed by atoms with Gasteiger partial charge in [-0.3, -0.25) is 4.40 Å². The van der Waals surface area contributed by atoms with E-state index in [1.54, 1.807) is 21.9 Å². The number of aromatic nitrogens is 2. The van der Waals surface area contributed by atoms with E-state index in [4.69, 9.17) is 0 Å². The molecule has 0 saturated heterocycles. The van der Waals surface area contributed by atoms with E-state index < -0.39 is 5.97 Å². The second kappa shape index (κ2) is 4.85. The summed E-state index contributed by atoms with van der Waals surface area (Å²) in [6.07, 6.45) is 3.98. The number of thiazole rings is 1. The summed E-state index contributed by atoms with van der Waals surface area (Å²) in [4.78, 5) is 19.1. The first kappa shape index (κ1) is 12.8. The van der Waals surface area contributed by atoms with Gasteiger partial charge in [-0.05, 0) is 35.2 Å². The Bertz CT molecular complexity index is 786. The fourth-order valence-electron chi connectivity index (χ4n) is 2.52. The molecule has 5 nitrogen and oxygen atoms in total. The molecule has 0 unspecified atom stereocenters. The predicted molar refractivity (Wildman–Crippen MR) is 83.6 cm³/mol. The Morgan fingerprint density at radius 2 is 2.33 bits per heavy atom. The molecule has 0 spiro atoms. The molecule has 0 radical (unpaired) electrons. The summed E-state index contributed by atoms with van der Waals surface area (Å²) in [6, 6.07) is 2.49. The minimum Gasteiger partial charge on any atom is -0.476 e. The third-order valence-electron chi connectivity index (χ3n) is 3.64. The minimum atomic E-state index is -0.924. The Labute approximate surface area is 129 Å². The van der Waals surface area contributed by atoms with Crippen molar-refractivity contribution in [3.8, 4) is 0 Å². The van der Waals surface area contributed by atoms with Crippen LogP contribution < -0.4 is 4.90 Å². The molecular formula is C14H13N3O2S2. The zero-order valence-electron chi connectivity index (χ0n) is 11.1. The molecule has 1 fully saturated rings. The number of hydrogen-bond acceptors (Lipinski definition) is 5. The molecule has 1 N–H and O–H groups in total. The van der Waals surface area contributed by atoms with Crippen LogP contribution in [0.15, 0.2) is 28.4 Å². The molecule has 0 aliphatic heterocycles. The van der Waals surface area contributed by atoms with Crippen LogP contribution in [-0.2, 0) is 6.54 Å². The van der Waals surface area contributed by atoms with E-state index in [2.05, 4.69) is 21.3 Å². The van der Waals surface area contributed by atoms with E-state index in [1.165, 1.54) is 16.9 Å². The molecule has 1 saturated carbocycles. The molecule has 1 aliphatic carbocycles. The number of carboxylic acid groups (broad SMARTS) is 1. The van der Waals surface area contributed by atoms with Crippen molar-refractivity contribution < 1.29 is 9.90 Å². The Morgan fingerprint density at radius 3 is 3.00 bits per heavy atom. The smallest absolute Gasteiger partial charge is 0.356 e. The first-order valence-electron chi connectivity index (χ1n) is 6.70. The Balaban J connectivity index is 1.80. The van der Waals surface area contributed by atoms with Crippen molar-refractivity contribution in [2.75, 3.05) is 4.90 Å². The number of carbonyl (C=O) groups is 1. The number of nitrogens with zero attached hydrogens (tertiary/aromatic N) is 3. The van der Waals surface area contributed by atoms with Gasteiger partial charge in [0.25, 0.3) is 0 Å². The predicted octanol–water partition coefficient (Wildman–Crippen LogP) is 3.32. The van der Waals surface area contributed by atoms with Crippen molar-refractivity contribution in [1.29, 1.82) is 0 Å². The average molecular weight is 319 g/mol. The van der Waals surface area contributed by atoms with Crippen molar-refractivity contribution in [3.63, 3.8) is 0 Å². The molecule has 3 aromatic heterocycles. The Hall–Kier alpha value is -1.86. The molecule has 4 rings (SSSR count). The summed E-state index contributed by atoms with van der Waals surface area (Å²) in [5.41, 5.74) is 1.48. The highest BCUT2D eigenvalue weighted by Crippen LogP contribution is 2.35. The first-order valence-corrected chi connectivity index (χ1v) is 8.53.